The zero-order valence-corrected chi connectivity index (χ0v) is 14.2. The van der Waals surface area contributed by atoms with Gasteiger partial charge in [-0.15, -0.1) is 0 Å². The number of ether oxygens (including phenoxy) is 2. The normalized spacial score (nSPS) is 13.1. The molecule has 1 aliphatic rings. The Hall–Kier alpha value is -2.08. The number of hydrogen-bond donors (Lipinski definition) is 2. The van der Waals surface area contributed by atoms with Gasteiger partial charge in [0.05, 0.1) is 0 Å². The van der Waals surface area contributed by atoms with Gasteiger partial charge in [-0.2, -0.15) is 0 Å². The summed E-state index contributed by atoms with van der Waals surface area (Å²) in [7, 11) is 0. The van der Waals surface area contributed by atoms with Crippen LogP contribution < -0.4 is 15.4 Å². The molecule has 0 saturated heterocycles. The van der Waals surface area contributed by atoms with Gasteiger partial charge in [0.1, 0.15) is 5.75 Å². The molecule has 1 aliphatic heterocycles. The highest BCUT2D eigenvalue weighted by Crippen LogP contribution is 2.26. The van der Waals surface area contributed by atoms with Crippen LogP contribution in [0.25, 0.3) is 0 Å². The molecule has 0 unspecified atom stereocenters. The van der Waals surface area contributed by atoms with E-state index in [1.165, 1.54) is 0 Å². The van der Waals surface area contributed by atoms with Gasteiger partial charge in [-0.05, 0) is 43.0 Å². The van der Waals surface area contributed by atoms with Crippen molar-refractivity contribution in [3.63, 3.8) is 0 Å². The summed E-state index contributed by atoms with van der Waals surface area (Å²) >= 11 is 0. The minimum absolute atomic E-state index is 0.0121. The third kappa shape index (κ3) is 6.20. The number of unbranched alkanes of at least 4 members (excludes halogenated alkanes) is 1. The Kier molecular flexibility index (Phi) is 7.55. The van der Waals surface area contributed by atoms with Crippen molar-refractivity contribution in [3.8, 4) is 5.75 Å². The van der Waals surface area contributed by atoms with E-state index in [-0.39, 0.29) is 18.4 Å². The quantitative estimate of drug-likeness (QED) is 0.644. The van der Waals surface area contributed by atoms with E-state index in [9.17, 15) is 9.59 Å². The molecular formula is C18H26N2O4. The summed E-state index contributed by atoms with van der Waals surface area (Å²) in [6, 6.07) is 5.45. The third-order valence-electron chi connectivity index (χ3n) is 3.77. The summed E-state index contributed by atoms with van der Waals surface area (Å²) in [5, 5.41) is 5.63. The summed E-state index contributed by atoms with van der Waals surface area (Å²) in [5.41, 5.74) is 1.86. The molecule has 0 spiro atoms. The molecule has 2 amide bonds. The number of anilines is 1. The van der Waals surface area contributed by atoms with Crippen molar-refractivity contribution in [2.75, 3.05) is 31.7 Å². The van der Waals surface area contributed by atoms with E-state index in [1.807, 2.05) is 12.1 Å². The van der Waals surface area contributed by atoms with Crippen LogP contribution in [0, 0.1) is 0 Å². The van der Waals surface area contributed by atoms with Gasteiger partial charge in [-0.3, -0.25) is 9.59 Å². The van der Waals surface area contributed by atoms with E-state index in [2.05, 4.69) is 17.6 Å². The first-order valence-electron chi connectivity index (χ1n) is 8.59. The average molecular weight is 334 g/mol. The van der Waals surface area contributed by atoms with Crippen LogP contribution in [0.2, 0.25) is 0 Å². The number of carbonyl (C=O) groups excluding carboxylic acids is 2. The molecular weight excluding hydrogens is 308 g/mol. The van der Waals surface area contributed by atoms with E-state index in [4.69, 9.17) is 9.47 Å². The van der Waals surface area contributed by atoms with Crippen LogP contribution in [0.4, 0.5) is 5.69 Å². The number of benzene rings is 1. The van der Waals surface area contributed by atoms with Crippen LogP contribution >= 0.6 is 0 Å². The van der Waals surface area contributed by atoms with Gasteiger partial charge in [0, 0.05) is 31.9 Å². The molecule has 6 heteroatoms. The molecule has 0 radical (unpaired) electrons. The number of rotatable bonds is 10. The summed E-state index contributed by atoms with van der Waals surface area (Å²) in [6.45, 7) is 4.15. The van der Waals surface area contributed by atoms with Gasteiger partial charge in [-0.1, -0.05) is 13.3 Å². The molecule has 2 N–H and O–H groups in total. The van der Waals surface area contributed by atoms with Crippen LogP contribution in [-0.2, 0) is 20.7 Å². The summed E-state index contributed by atoms with van der Waals surface area (Å²) in [6.07, 6.45) is 4.18. The van der Waals surface area contributed by atoms with E-state index >= 15 is 0 Å². The van der Waals surface area contributed by atoms with Crippen molar-refractivity contribution >= 4 is 17.5 Å². The van der Waals surface area contributed by atoms with Crippen LogP contribution in [0.1, 0.15) is 38.2 Å². The lowest BCUT2D eigenvalue weighted by Gasteiger charge is -2.17. The first kappa shape index (κ1) is 18.3. The first-order valence-corrected chi connectivity index (χ1v) is 8.59. The van der Waals surface area contributed by atoms with E-state index in [0.717, 1.165) is 37.1 Å². The van der Waals surface area contributed by atoms with Crippen molar-refractivity contribution in [2.45, 2.75) is 39.0 Å². The molecule has 1 aromatic carbocycles. The van der Waals surface area contributed by atoms with Gasteiger partial charge < -0.3 is 20.1 Å². The van der Waals surface area contributed by atoms with Gasteiger partial charge in [0.2, 0.25) is 5.91 Å². The van der Waals surface area contributed by atoms with Crippen molar-refractivity contribution in [2.24, 2.45) is 0 Å². The number of hydrogen-bond acceptors (Lipinski definition) is 4. The summed E-state index contributed by atoms with van der Waals surface area (Å²) in [4.78, 5) is 23.1. The first-order chi connectivity index (χ1) is 11.7. The second-order valence-corrected chi connectivity index (χ2v) is 5.83. The van der Waals surface area contributed by atoms with Crippen LogP contribution in [-0.4, -0.2) is 38.2 Å². The second kappa shape index (κ2) is 9.93. The Bertz CT molecular complexity index is 560. The lowest BCUT2D eigenvalue weighted by Crippen LogP contribution is -2.30. The van der Waals surface area contributed by atoms with Crippen molar-refractivity contribution in [1.29, 1.82) is 0 Å². The van der Waals surface area contributed by atoms with E-state index in [0.29, 0.717) is 31.7 Å². The molecule has 1 aromatic rings. The van der Waals surface area contributed by atoms with Crippen LogP contribution in [0.5, 0.6) is 5.75 Å². The Labute approximate surface area is 142 Å². The predicted octanol–water partition coefficient (Wildman–Crippen LogP) is 2.27. The molecule has 24 heavy (non-hydrogen) atoms. The van der Waals surface area contributed by atoms with E-state index < -0.39 is 0 Å². The zero-order valence-electron chi connectivity index (χ0n) is 14.2. The summed E-state index contributed by atoms with van der Waals surface area (Å²) in [5.74, 6) is 0.534. The van der Waals surface area contributed by atoms with Gasteiger partial charge >= 0.3 is 0 Å². The molecule has 1 heterocycles. The maximum Gasteiger partial charge on any atom is 0.257 e. The van der Waals surface area contributed by atoms with Crippen molar-refractivity contribution in [3.05, 3.63) is 23.8 Å². The predicted molar refractivity (Wildman–Crippen MR) is 92.2 cm³/mol. The molecule has 6 nitrogen and oxygen atoms in total. The van der Waals surface area contributed by atoms with Crippen LogP contribution in [0.3, 0.4) is 0 Å². The van der Waals surface area contributed by atoms with E-state index in [1.54, 1.807) is 6.07 Å². The van der Waals surface area contributed by atoms with Crippen molar-refractivity contribution in [1.82, 2.24) is 5.32 Å². The third-order valence-corrected chi connectivity index (χ3v) is 3.77. The topological polar surface area (TPSA) is 76.7 Å². The number of fused-ring (bicyclic) bond motifs is 1. The maximum absolute atomic E-state index is 11.7. The lowest BCUT2D eigenvalue weighted by molar-refractivity contribution is -0.123. The molecule has 0 bridgehead atoms. The van der Waals surface area contributed by atoms with Crippen molar-refractivity contribution < 1.29 is 19.1 Å². The standard InChI is InChI=1S/C18H26N2O4/c1-2-3-10-23-11-4-9-19-18(22)13-24-15-6-7-16-14(12-15)5-8-17(21)20-16/h6-7,12H,2-5,8-11,13H2,1H3,(H,19,22)(H,20,21). The highest BCUT2D eigenvalue weighted by Gasteiger charge is 2.15. The molecule has 0 aromatic heterocycles. The molecule has 132 valence electrons. The molecule has 0 saturated carbocycles. The maximum atomic E-state index is 11.7. The largest absolute Gasteiger partial charge is 0.484 e. The monoisotopic (exact) mass is 334 g/mol. The Morgan fingerprint density at radius 3 is 2.92 bits per heavy atom. The Morgan fingerprint density at radius 2 is 2.08 bits per heavy atom. The molecule has 2 rings (SSSR count). The average Bonchev–Trinajstić information content (AvgIpc) is 2.59. The fourth-order valence-electron chi connectivity index (χ4n) is 2.40. The Morgan fingerprint density at radius 1 is 1.25 bits per heavy atom. The zero-order chi connectivity index (χ0) is 17.2. The molecule has 0 fully saturated rings. The van der Waals surface area contributed by atoms with Gasteiger partial charge in [-0.25, -0.2) is 0 Å². The van der Waals surface area contributed by atoms with Crippen LogP contribution in [0.15, 0.2) is 18.2 Å². The number of amides is 2. The number of carbonyl (C=O) groups is 2. The van der Waals surface area contributed by atoms with Gasteiger partial charge in [0.25, 0.3) is 5.91 Å². The minimum atomic E-state index is -0.144. The SMILES string of the molecule is CCCCOCCCNC(=O)COc1ccc2c(c1)CCC(=O)N2. The highest BCUT2D eigenvalue weighted by molar-refractivity contribution is 5.94. The fourth-order valence-corrected chi connectivity index (χ4v) is 2.40. The number of nitrogens with one attached hydrogen (secondary N) is 2. The number of aryl methyl sites for hydroxylation is 1. The smallest absolute Gasteiger partial charge is 0.257 e. The molecule has 0 aliphatic carbocycles. The highest BCUT2D eigenvalue weighted by atomic mass is 16.5. The second-order valence-electron chi connectivity index (χ2n) is 5.83. The minimum Gasteiger partial charge on any atom is -0.484 e. The van der Waals surface area contributed by atoms with Gasteiger partial charge in [0.15, 0.2) is 6.61 Å². The fraction of sp³-hybridized carbons (Fsp3) is 0.556. The lowest BCUT2D eigenvalue weighted by atomic mass is 10.0. The summed E-state index contributed by atoms with van der Waals surface area (Å²) < 4.78 is 10.9. The Balaban J connectivity index is 1.62. The molecule has 0 atom stereocenters.